The number of benzene rings is 5. The van der Waals surface area contributed by atoms with E-state index in [4.69, 9.17) is 18.7 Å². The third-order valence-corrected chi connectivity index (χ3v) is 8.06. The van der Waals surface area contributed by atoms with Crippen molar-refractivity contribution >= 4 is 61.1 Å². The molecule has 9 rings (SSSR count). The Morgan fingerprint density at radius 1 is 0.702 bits per heavy atom. The average molecular weight is 792 g/mol. The van der Waals surface area contributed by atoms with E-state index in [2.05, 4.69) is 23.2 Å². The topological polar surface area (TPSA) is 69.5 Å². The number of hydrogen-bond donors (Lipinski definition) is 0. The molecule has 0 unspecified atom stereocenters. The van der Waals surface area contributed by atoms with Gasteiger partial charge in [0.25, 0.3) is 0 Å². The van der Waals surface area contributed by atoms with Crippen LogP contribution in [-0.4, -0.2) is 14.8 Å². The summed E-state index contributed by atoms with van der Waals surface area (Å²) in [7, 11) is 1.90. The van der Waals surface area contributed by atoms with Crippen LogP contribution in [0.25, 0.3) is 55.1 Å². The Balaban J connectivity index is 0.00000324. The summed E-state index contributed by atoms with van der Waals surface area (Å²) in [5.41, 5.74) is 6.08. The molecule has 228 valence electrons. The number of nitrogens with zero attached hydrogens (tertiary/aromatic N) is 4. The third kappa shape index (κ3) is 4.96. The van der Waals surface area contributed by atoms with E-state index in [-0.39, 0.29) is 21.1 Å². The molecule has 9 aromatic rings. The van der Waals surface area contributed by atoms with Crippen LogP contribution in [0, 0.1) is 12.1 Å². The maximum absolute atomic E-state index is 6.78. The monoisotopic (exact) mass is 791 g/mol. The number of furan rings is 2. The van der Waals surface area contributed by atoms with E-state index in [1.54, 1.807) is 10.9 Å². The second-order valence-electron chi connectivity index (χ2n) is 11.0. The Kier molecular flexibility index (Phi) is 7.11. The molecule has 0 aliphatic heterocycles. The van der Waals surface area contributed by atoms with E-state index in [9.17, 15) is 0 Å². The van der Waals surface area contributed by atoms with Gasteiger partial charge in [0.15, 0.2) is 0 Å². The van der Waals surface area contributed by atoms with E-state index >= 15 is 0 Å². The Labute approximate surface area is 283 Å². The molecule has 0 amide bonds. The smallest absolute Gasteiger partial charge is 0.502 e. The average Bonchev–Trinajstić information content (AvgIpc) is 3.80. The summed E-state index contributed by atoms with van der Waals surface area (Å²) in [6.45, 7) is 0. The number of rotatable bonds is 6. The van der Waals surface area contributed by atoms with Crippen molar-refractivity contribution in [3.8, 4) is 22.8 Å². The molecule has 0 fully saturated rings. The third-order valence-electron chi connectivity index (χ3n) is 8.06. The molecule has 0 bridgehead atoms. The minimum Gasteiger partial charge on any atom is -0.502 e. The maximum atomic E-state index is 6.78. The van der Waals surface area contributed by atoms with Crippen molar-refractivity contribution in [1.82, 2.24) is 14.8 Å². The molecule has 0 saturated heterocycles. The minimum atomic E-state index is 0. The molecule has 0 spiro atoms. The van der Waals surface area contributed by atoms with Gasteiger partial charge in [-0.1, -0.05) is 89.9 Å². The fourth-order valence-corrected chi connectivity index (χ4v) is 6.06. The molecular weight excluding hydrogens is 768 g/mol. The number of hydrogen-bond acceptors (Lipinski definition) is 6. The molecule has 0 aliphatic carbocycles. The molecule has 0 N–H and O–H groups in total. The number of ether oxygens (including phenoxy) is 1. The molecule has 0 saturated carbocycles. The van der Waals surface area contributed by atoms with Gasteiger partial charge in [-0.15, -0.1) is 17.7 Å². The second-order valence-corrected chi connectivity index (χ2v) is 11.0. The number of aromatic nitrogens is 3. The molecule has 0 aliphatic rings. The normalized spacial score (nSPS) is 11.3. The van der Waals surface area contributed by atoms with Crippen LogP contribution in [0.4, 0.5) is 17.2 Å². The van der Waals surface area contributed by atoms with Crippen LogP contribution >= 0.6 is 0 Å². The molecular formula is C39H24N4O3Pt. The number of fused-ring (bicyclic) bond motifs is 6. The Morgan fingerprint density at radius 3 is 2.09 bits per heavy atom. The van der Waals surface area contributed by atoms with Crippen LogP contribution in [-0.2, 0) is 28.1 Å². The van der Waals surface area contributed by atoms with E-state index < -0.39 is 0 Å². The predicted octanol–water partition coefficient (Wildman–Crippen LogP) is 10.1. The molecule has 5 aromatic carbocycles. The zero-order chi connectivity index (χ0) is 30.6. The van der Waals surface area contributed by atoms with Gasteiger partial charge in [0, 0.05) is 47.9 Å². The Hall–Kier alpha value is -5.65. The number of anilines is 3. The number of pyridine rings is 1. The van der Waals surface area contributed by atoms with Gasteiger partial charge in [0.2, 0.25) is 0 Å². The van der Waals surface area contributed by atoms with Crippen LogP contribution in [0.15, 0.2) is 136 Å². The van der Waals surface area contributed by atoms with E-state index in [0.29, 0.717) is 28.4 Å². The van der Waals surface area contributed by atoms with E-state index in [0.717, 1.165) is 55.5 Å². The van der Waals surface area contributed by atoms with Crippen molar-refractivity contribution < 1.29 is 34.6 Å². The fourth-order valence-electron chi connectivity index (χ4n) is 6.06. The molecule has 0 radical (unpaired) electrons. The number of para-hydroxylation sites is 3. The summed E-state index contributed by atoms with van der Waals surface area (Å²) in [4.78, 5) is 6.71. The van der Waals surface area contributed by atoms with Crippen molar-refractivity contribution in [2.24, 2.45) is 7.05 Å². The van der Waals surface area contributed by atoms with Crippen LogP contribution in [0.3, 0.4) is 0 Å². The predicted molar refractivity (Wildman–Crippen MR) is 180 cm³/mol. The molecule has 0 atom stereocenters. The second kappa shape index (κ2) is 11.6. The van der Waals surface area contributed by atoms with Crippen LogP contribution < -0.4 is 9.64 Å². The van der Waals surface area contributed by atoms with Gasteiger partial charge in [-0.25, -0.2) is 10.1 Å². The van der Waals surface area contributed by atoms with Gasteiger partial charge in [-0.3, -0.25) is 4.68 Å². The van der Waals surface area contributed by atoms with Crippen molar-refractivity contribution in [3.63, 3.8) is 0 Å². The molecule has 7 nitrogen and oxygen atoms in total. The Bertz CT molecular complexity index is 2500. The zero-order valence-electron chi connectivity index (χ0n) is 25.0. The van der Waals surface area contributed by atoms with Crippen molar-refractivity contribution in [1.29, 1.82) is 0 Å². The van der Waals surface area contributed by atoms with Crippen LogP contribution in [0.2, 0.25) is 0 Å². The summed E-state index contributed by atoms with van der Waals surface area (Å²) < 4.78 is 21.3. The van der Waals surface area contributed by atoms with Crippen molar-refractivity contribution in [2.45, 2.75) is 0 Å². The van der Waals surface area contributed by atoms with Gasteiger partial charge in [0.05, 0.1) is 5.58 Å². The first kappa shape index (κ1) is 28.8. The summed E-state index contributed by atoms with van der Waals surface area (Å²) in [5.74, 6) is 1.70. The first-order valence-corrected chi connectivity index (χ1v) is 14.9. The van der Waals surface area contributed by atoms with E-state index in [1.165, 1.54) is 0 Å². The van der Waals surface area contributed by atoms with Crippen LogP contribution in [0.1, 0.15) is 0 Å². The largest absolute Gasteiger partial charge is 2.00 e. The standard InChI is InChI=1S/C39H24N4O3.Pt/c1-42-20-18-31(41-42)30-23-27(24-36-38(30)28-13-5-7-15-32(28)46-36)44-34-21-26(22-35-39(34)29-14-6-8-16-33(29)45-35)43(25-11-3-2-4-12-25)37-17-9-10-19-40-37;/h2-20,22,24H,1H3;/q-2;+2. The maximum Gasteiger partial charge on any atom is 2.00 e. The quantitative estimate of drug-likeness (QED) is 0.156. The summed E-state index contributed by atoms with van der Waals surface area (Å²) in [5, 5.41) is 8.37. The van der Waals surface area contributed by atoms with Gasteiger partial charge in [0.1, 0.15) is 17.0 Å². The summed E-state index contributed by atoms with van der Waals surface area (Å²) in [6, 6.07) is 44.8. The first-order valence-electron chi connectivity index (χ1n) is 14.9. The van der Waals surface area contributed by atoms with Gasteiger partial charge in [-0.05, 0) is 52.6 Å². The zero-order valence-corrected chi connectivity index (χ0v) is 27.2. The van der Waals surface area contributed by atoms with Crippen molar-refractivity contribution in [2.75, 3.05) is 4.90 Å². The fraction of sp³-hybridized carbons (Fsp3) is 0.0256. The Morgan fingerprint density at radius 2 is 1.38 bits per heavy atom. The number of aryl methyl sites for hydroxylation is 1. The molecule has 8 heteroatoms. The first-order chi connectivity index (χ1) is 22.7. The SMILES string of the molecule is Cn1ccc(-c2[c-]c(Oc3[c-]c(N(c4ccccc4)c4ccccn4)cc4oc5ccccc5c34)cc3oc4ccccc4c23)n1.[Pt+2]. The van der Waals surface area contributed by atoms with Crippen LogP contribution in [0.5, 0.6) is 11.5 Å². The van der Waals surface area contributed by atoms with Gasteiger partial charge >= 0.3 is 21.1 Å². The van der Waals surface area contributed by atoms with Gasteiger partial charge in [-0.2, -0.15) is 0 Å². The summed E-state index contributed by atoms with van der Waals surface area (Å²) in [6.07, 6.45) is 3.69. The molecule has 47 heavy (non-hydrogen) atoms. The van der Waals surface area contributed by atoms with E-state index in [1.807, 2.05) is 127 Å². The van der Waals surface area contributed by atoms with Gasteiger partial charge < -0.3 is 18.5 Å². The summed E-state index contributed by atoms with van der Waals surface area (Å²) >= 11 is 0. The van der Waals surface area contributed by atoms with Crippen molar-refractivity contribution in [3.05, 3.63) is 140 Å². The minimum absolute atomic E-state index is 0. The molecule has 4 heterocycles. The molecule has 4 aromatic heterocycles.